The fourth-order valence-electron chi connectivity index (χ4n) is 1.11. The Balaban J connectivity index is 2.56. The SMILES string of the molecule is CN(CCC(=N)N)c1ccc(F)cc1. The van der Waals surface area contributed by atoms with Crippen LogP contribution in [-0.2, 0) is 0 Å². The molecule has 0 bridgehead atoms. The molecule has 0 saturated carbocycles. The number of nitrogens with two attached hydrogens (primary N) is 1. The highest BCUT2D eigenvalue weighted by Gasteiger charge is 2.00. The first-order valence-electron chi connectivity index (χ1n) is 4.39. The van der Waals surface area contributed by atoms with E-state index < -0.39 is 0 Å². The number of amidine groups is 1. The Morgan fingerprint density at radius 1 is 1.43 bits per heavy atom. The van der Waals surface area contributed by atoms with Crippen molar-refractivity contribution in [2.45, 2.75) is 6.42 Å². The molecular formula is C10H14FN3. The molecule has 14 heavy (non-hydrogen) atoms. The van der Waals surface area contributed by atoms with Gasteiger partial charge in [0.1, 0.15) is 5.82 Å². The van der Waals surface area contributed by atoms with E-state index in [0.717, 1.165) is 5.69 Å². The molecule has 0 radical (unpaired) electrons. The number of hydrogen-bond acceptors (Lipinski definition) is 2. The first-order chi connectivity index (χ1) is 6.59. The third-order valence-corrected chi connectivity index (χ3v) is 1.98. The lowest BCUT2D eigenvalue weighted by molar-refractivity contribution is 0.627. The van der Waals surface area contributed by atoms with Gasteiger partial charge in [-0.25, -0.2) is 4.39 Å². The molecule has 0 saturated heterocycles. The van der Waals surface area contributed by atoms with E-state index in [1.165, 1.54) is 12.1 Å². The number of rotatable bonds is 4. The molecule has 0 unspecified atom stereocenters. The zero-order valence-electron chi connectivity index (χ0n) is 8.13. The number of benzene rings is 1. The van der Waals surface area contributed by atoms with E-state index in [1.807, 2.05) is 11.9 Å². The summed E-state index contributed by atoms with van der Waals surface area (Å²) in [5.41, 5.74) is 6.16. The van der Waals surface area contributed by atoms with E-state index in [4.69, 9.17) is 11.1 Å². The molecule has 76 valence electrons. The van der Waals surface area contributed by atoms with Crippen LogP contribution in [0.4, 0.5) is 10.1 Å². The summed E-state index contributed by atoms with van der Waals surface area (Å²) >= 11 is 0. The summed E-state index contributed by atoms with van der Waals surface area (Å²) in [5, 5.41) is 7.08. The van der Waals surface area contributed by atoms with Gasteiger partial charge in [-0.3, -0.25) is 5.41 Å². The second-order valence-corrected chi connectivity index (χ2v) is 3.17. The Morgan fingerprint density at radius 3 is 2.50 bits per heavy atom. The Bertz CT molecular complexity index is 308. The maximum Gasteiger partial charge on any atom is 0.123 e. The van der Waals surface area contributed by atoms with Crippen molar-refractivity contribution in [3.8, 4) is 0 Å². The Morgan fingerprint density at radius 2 is 2.00 bits per heavy atom. The van der Waals surface area contributed by atoms with Crippen molar-refractivity contribution in [2.24, 2.45) is 5.73 Å². The average molecular weight is 195 g/mol. The lowest BCUT2D eigenvalue weighted by atomic mass is 10.2. The largest absolute Gasteiger partial charge is 0.388 e. The van der Waals surface area contributed by atoms with E-state index >= 15 is 0 Å². The average Bonchev–Trinajstić information content (AvgIpc) is 2.15. The van der Waals surface area contributed by atoms with Crippen molar-refractivity contribution < 1.29 is 4.39 Å². The van der Waals surface area contributed by atoms with Gasteiger partial charge >= 0.3 is 0 Å². The minimum Gasteiger partial charge on any atom is -0.388 e. The van der Waals surface area contributed by atoms with Gasteiger partial charge in [0.25, 0.3) is 0 Å². The number of nitrogens with zero attached hydrogens (tertiary/aromatic N) is 1. The summed E-state index contributed by atoms with van der Waals surface area (Å²) < 4.78 is 12.6. The predicted molar refractivity (Wildman–Crippen MR) is 56.2 cm³/mol. The van der Waals surface area contributed by atoms with Crippen molar-refractivity contribution in [1.82, 2.24) is 0 Å². The van der Waals surface area contributed by atoms with Crippen LogP contribution < -0.4 is 10.6 Å². The second kappa shape index (κ2) is 4.60. The third kappa shape index (κ3) is 3.05. The fourth-order valence-corrected chi connectivity index (χ4v) is 1.11. The number of hydrogen-bond donors (Lipinski definition) is 2. The molecule has 4 heteroatoms. The topological polar surface area (TPSA) is 53.1 Å². The molecular weight excluding hydrogens is 181 g/mol. The molecule has 0 fully saturated rings. The molecule has 3 N–H and O–H groups in total. The van der Waals surface area contributed by atoms with Crippen LogP contribution in [0.25, 0.3) is 0 Å². The van der Waals surface area contributed by atoms with Crippen LogP contribution in [0.15, 0.2) is 24.3 Å². The highest BCUT2D eigenvalue weighted by atomic mass is 19.1. The summed E-state index contributed by atoms with van der Waals surface area (Å²) in [7, 11) is 1.89. The standard InChI is InChI=1S/C10H14FN3/c1-14(7-6-10(12)13)9-4-2-8(11)3-5-9/h2-5H,6-7H2,1H3,(H3,12,13). The van der Waals surface area contributed by atoms with Crippen molar-refractivity contribution in [1.29, 1.82) is 5.41 Å². The Labute approximate surface area is 82.8 Å². The van der Waals surface area contributed by atoms with Gasteiger partial charge in [-0.2, -0.15) is 0 Å². The molecule has 1 aromatic carbocycles. The first-order valence-corrected chi connectivity index (χ1v) is 4.39. The normalized spacial score (nSPS) is 9.86. The van der Waals surface area contributed by atoms with Crippen molar-refractivity contribution in [3.63, 3.8) is 0 Å². The minimum atomic E-state index is -0.242. The first kappa shape index (κ1) is 10.5. The lowest BCUT2D eigenvalue weighted by Gasteiger charge is -2.18. The van der Waals surface area contributed by atoms with Crippen LogP contribution in [0, 0.1) is 11.2 Å². The van der Waals surface area contributed by atoms with Gasteiger partial charge in [-0.15, -0.1) is 0 Å². The molecule has 1 rings (SSSR count). The molecule has 0 amide bonds. The van der Waals surface area contributed by atoms with Gasteiger partial charge in [-0.1, -0.05) is 0 Å². The van der Waals surface area contributed by atoms with Crippen LogP contribution in [0.2, 0.25) is 0 Å². The van der Waals surface area contributed by atoms with Crippen molar-refractivity contribution in [2.75, 3.05) is 18.5 Å². The number of anilines is 1. The lowest BCUT2D eigenvalue weighted by Crippen LogP contribution is -2.23. The van der Waals surface area contributed by atoms with Gasteiger partial charge in [0.05, 0.1) is 5.84 Å². The maximum absolute atomic E-state index is 12.6. The van der Waals surface area contributed by atoms with Crippen LogP contribution in [0.5, 0.6) is 0 Å². The van der Waals surface area contributed by atoms with Gasteiger partial charge in [0.15, 0.2) is 0 Å². The van der Waals surface area contributed by atoms with Gasteiger partial charge in [0.2, 0.25) is 0 Å². The number of halogens is 1. The molecule has 0 spiro atoms. The zero-order chi connectivity index (χ0) is 10.6. The second-order valence-electron chi connectivity index (χ2n) is 3.17. The summed E-state index contributed by atoms with van der Waals surface area (Å²) in [6.45, 7) is 0.668. The minimum absolute atomic E-state index is 0.166. The van der Waals surface area contributed by atoms with Crippen LogP contribution >= 0.6 is 0 Å². The fraction of sp³-hybridized carbons (Fsp3) is 0.300. The summed E-state index contributed by atoms with van der Waals surface area (Å²) in [4.78, 5) is 1.93. The van der Waals surface area contributed by atoms with Gasteiger partial charge < -0.3 is 10.6 Å². The van der Waals surface area contributed by atoms with Crippen LogP contribution in [0.3, 0.4) is 0 Å². The maximum atomic E-state index is 12.6. The smallest absolute Gasteiger partial charge is 0.123 e. The Kier molecular flexibility index (Phi) is 3.45. The summed E-state index contributed by atoms with van der Waals surface area (Å²) in [6, 6.07) is 6.24. The highest BCUT2D eigenvalue weighted by Crippen LogP contribution is 2.12. The van der Waals surface area contributed by atoms with Gasteiger partial charge in [0, 0.05) is 25.7 Å². The molecule has 0 heterocycles. The molecule has 0 aliphatic heterocycles. The molecule has 3 nitrogen and oxygen atoms in total. The molecule has 0 aromatic heterocycles. The molecule has 1 aromatic rings. The van der Waals surface area contributed by atoms with Crippen LogP contribution in [-0.4, -0.2) is 19.4 Å². The quantitative estimate of drug-likeness (QED) is 0.566. The van der Waals surface area contributed by atoms with E-state index in [2.05, 4.69) is 0 Å². The zero-order valence-corrected chi connectivity index (χ0v) is 8.13. The monoisotopic (exact) mass is 195 g/mol. The summed E-state index contributed by atoms with van der Waals surface area (Å²) in [6.07, 6.45) is 0.522. The Hall–Kier alpha value is -1.58. The van der Waals surface area contributed by atoms with E-state index in [0.29, 0.717) is 13.0 Å². The molecule has 0 aliphatic rings. The molecule has 0 aliphatic carbocycles. The van der Waals surface area contributed by atoms with E-state index in [9.17, 15) is 4.39 Å². The van der Waals surface area contributed by atoms with Crippen molar-refractivity contribution in [3.05, 3.63) is 30.1 Å². The predicted octanol–water partition coefficient (Wildman–Crippen LogP) is 1.59. The van der Waals surface area contributed by atoms with Crippen molar-refractivity contribution >= 4 is 11.5 Å². The highest BCUT2D eigenvalue weighted by molar-refractivity contribution is 5.77. The van der Waals surface area contributed by atoms with Crippen LogP contribution in [0.1, 0.15) is 6.42 Å². The van der Waals surface area contributed by atoms with E-state index in [-0.39, 0.29) is 11.7 Å². The summed E-state index contributed by atoms with van der Waals surface area (Å²) in [5.74, 6) is -0.0762. The number of nitrogens with one attached hydrogen (secondary N) is 1. The molecule has 0 atom stereocenters. The van der Waals surface area contributed by atoms with E-state index in [1.54, 1.807) is 12.1 Å². The third-order valence-electron chi connectivity index (χ3n) is 1.98. The van der Waals surface area contributed by atoms with Gasteiger partial charge in [-0.05, 0) is 24.3 Å².